The summed E-state index contributed by atoms with van der Waals surface area (Å²) in [5, 5.41) is 21.6. The molecule has 2 aromatic rings. The van der Waals surface area contributed by atoms with E-state index in [0.29, 0.717) is 24.1 Å². The molecule has 2 rings (SSSR count). The monoisotopic (exact) mass is 329 g/mol. The molecule has 0 aliphatic heterocycles. The molecule has 0 spiro atoms. The van der Waals surface area contributed by atoms with Crippen LogP contribution < -0.4 is 5.43 Å². The number of aromatic nitrogens is 2. The first-order chi connectivity index (χ1) is 11.4. The van der Waals surface area contributed by atoms with Gasteiger partial charge in [0.05, 0.1) is 16.3 Å². The highest BCUT2D eigenvalue weighted by atomic mass is 16.6. The molecule has 0 saturated carbocycles. The van der Waals surface area contributed by atoms with Gasteiger partial charge in [-0.2, -0.15) is 10.2 Å². The minimum absolute atomic E-state index is 0.0152. The minimum Gasteiger partial charge on any atom is -0.282 e. The molecule has 8 nitrogen and oxygen atoms in total. The molecule has 0 fully saturated rings. The average molecular weight is 329 g/mol. The van der Waals surface area contributed by atoms with E-state index in [1.165, 1.54) is 12.1 Å². The highest BCUT2D eigenvalue weighted by molar-refractivity contribution is 5.99. The van der Waals surface area contributed by atoms with Crippen molar-refractivity contribution in [3.05, 3.63) is 56.9 Å². The number of nitro groups is 1. The normalized spacial score (nSPS) is 11.4. The number of aromatic amines is 1. The van der Waals surface area contributed by atoms with Crippen molar-refractivity contribution in [2.75, 3.05) is 0 Å². The number of nitrogens with zero attached hydrogens (tertiary/aromatic N) is 3. The van der Waals surface area contributed by atoms with Crippen LogP contribution in [0.25, 0.3) is 0 Å². The molecular formula is C16H19N5O3. The Bertz CT molecular complexity index is 758. The van der Waals surface area contributed by atoms with Gasteiger partial charge >= 0.3 is 0 Å². The molecule has 1 heterocycles. The molecule has 0 bridgehead atoms. The number of benzene rings is 1. The Balaban J connectivity index is 1.91. The Morgan fingerprint density at radius 1 is 1.33 bits per heavy atom. The third-order valence-electron chi connectivity index (χ3n) is 3.73. The number of hydrogen-bond donors (Lipinski definition) is 2. The Morgan fingerprint density at radius 2 is 2.00 bits per heavy atom. The van der Waals surface area contributed by atoms with Crippen LogP contribution in [-0.4, -0.2) is 26.7 Å². The summed E-state index contributed by atoms with van der Waals surface area (Å²) in [7, 11) is 0. The van der Waals surface area contributed by atoms with Crippen molar-refractivity contribution in [1.82, 2.24) is 15.6 Å². The molecule has 0 aliphatic carbocycles. The van der Waals surface area contributed by atoms with E-state index in [1.807, 2.05) is 13.8 Å². The summed E-state index contributed by atoms with van der Waals surface area (Å²) in [5.41, 5.74) is 6.71. The first kappa shape index (κ1) is 17.3. The van der Waals surface area contributed by atoms with Crippen LogP contribution in [0.4, 0.5) is 5.69 Å². The Kier molecular flexibility index (Phi) is 5.41. The van der Waals surface area contributed by atoms with E-state index < -0.39 is 4.92 Å². The highest BCUT2D eigenvalue weighted by Crippen LogP contribution is 2.13. The Labute approximate surface area is 139 Å². The molecule has 1 aromatic heterocycles. The fourth-order valence-corrected chi connectivity index (χ4v) is 2.27. The fourth-order valence-electron chi connectivity index (χ4n) is 2.27. The van der Waals surface area contributed by atoms with Crippen LogP contribution in [0.3, 0.4) is 0 Å². The van der Waals surface area contributed by atoms with Crippen molar-refractivity contribution in [3.8, 4) is 0 Å². The molecule has 0 saturated heterocycles. The van der Waals surface area contributed by atoms with E-state index in [1.54, 1.807) is 19.1 Å². The Hall–Kier alpha value is -3.03. The number of hydrogen-bond acceptors (Lipinski definition) is 5. The van der Waals surface area contributed by atoms with Gasteiger partial charge in [-0.25, -0.2) is 5.43 Å². The second-order valence-electron chi connectivity index (χ2n) is 5.45. The smallest absolute Gasteiger partial charge is 0.269 e. The van der Waals surface area contributed by atoms with Crippen LogP contribution in [0.15, 0.2) is 29.4 Å². The predicted molar refractivity (Wildman–Crippen MR) is 89.8 cm³/mol. The number of carbonyl (C=O) groups is 1. The van der Waals surface area contributed by atoms with E-state index in [9.17, 15) is 14.9 Å². The van der Waals surface area contributed by atoms with Gasteiger partial charge in [0.2, 0.25) is 5.91 Å². The second-order valence-corrected chi connectivity index (χ2v) is 5.45. The van der Waals surface area contributed by atoms with Crippen LogP contribution in [0.5, 0.6) is 0 Å². The molecule has 2 N–H and O–H groups in total. The number of non-ortho nitro benzene ring substituents is 1. The lowest BCUT2D eigenvalue weighted by molar-refractivity contribution is -0.384. The van der Waals surface area contributed by atoms with Gasteiger partial charge in [0.1, 0.15) is 0 Å². The molecule has 0 radical (unpaired) electrons. The van der Waals surface area contributed by atoms with Crippen LogP contribution in [0, 0.1) is 24.0 Å². The summed E-state index contributed by atoms with van der Waals surface area (Å²) < 4.78 is 0. The van der Waals surface area contributed by atoms with Gasteiger partial charge < -0.3 is 0 Å². The Morgan fingerprint density at radius 3 is 2.54 bits per heavy atom. The molecule has 0 atom stereocenters. The topological polar surface area (TPSA) is 113 Å². The molecule has 8 heteroatoms. The molecule has 24 heavy (non-hydrogen) atoms. The van der Waals surface area contributed by atoms with Gasteiger partial charge in [0.15, 0.2) is 0 Å². The number of nitrogens with one attached hydrogen (secondary N) is 2. The SMILES string of the molecule is CC(=NNC(=O)CCc1c(C)n[nH]c1C)c1ccc([N+](=O)[O-])cc1. The zero-order valence-corrected chi connectivity index (χ0v) is 13.8. The zero-order chi connectivity index (χ0) is 17.7. The minimum atomic E-state index is -0.460. The fraction of sp³-hybridized carbons (Fsp3) is 0.312. The maximum Gasteiger partial charge on any atom is 0.269 e. The van der Waals surface area contributed by atoms with Gasteiger partial charge in [-0.15, -0.1) is 0 Å². The first-order valence-electron chi connectivity index (χ1n) is 7.47. The average Bonchev–Trinajstić information content (AvgIpc) is 2.89. The molecule has 1 aromatic carbocycles. The van der Waals surface area contributed by atoms with Crippen molar-refractivity contribution in [2.45, 2.75) is 33.6 Å². The summed E-state index contributed by atoms with van der Waals surface area (Å²) in [6.07, 6.45) is 0.893. The van der Waals surface area contributed by atoms with E-state index >= 15 is 0 Å². The quantitative estimate of drug-likeness (QED) is 0.481. The highest BCUT2D eigenvalue weighted by Gasteiger charge is 2.09. The number of H-pyrrole nitrogens is 1. The number of amides is 1. The maximum atomic E-state index is 11.9. The van der Waals surface area contributed by atoms with Gasteiger partial charge in [0, 0.05) is 24.2 Å². The van der Waals surface area contributed by atoms with E-state index in [-0.39, 0.29) is 11.6 Å². The lowest BCUT2D eigenvalue weighted by Crippen LogP contribution is -2.19. The molecule has 0 aliphatic rings. The maximum absolute atomic E-state index is 11.9. The van der Waals surface area contributed by atoms with Crippen molar-refractivity contribution in [3.63, 3.8) is 0 Å². The third-order valence-corrected chi connectivity index (χ3v) is 3.73. The summed E-state index contributed by atoms with van der Waals surface area (Å²) >= 11 is 0. The van der Waals surface area contributed by atoms with Crippen molar-refractivity contribution in [2.24, 2.45) is 5.10 Å². The van der Waals surface area contributed by atoms with Crippen LogP contribution >= 0.6 is 0 Å². The van der Waals surface area contributed by atoms with Crippen LogP contribution in [0.2, 0.25) is 0 Å². The standard InChI is InChI=1S/C16H19N5O3/c1-10(13-4-6-14(7-5-13)21(23)24)17-20-16(22)9-8-15-11(2)18-19-12(15)3/h4-7H,8-9H2,1-3H3,(H,18,19)(H,20,22). The van der Waals surface area contributed by atoms with Gasteiger partial charge in [-0.1, -0.05) is 0 Å². The summed E-state index contributed by atoms with van der Waals surface area (Å²) in [6, 6.07) is 6.00. The van der Waals surface area contributed by atoms with Crippen molar-refractivity contribution >= 4 is 17.3 Å². The lowest BCUT2D eigenvalue weighted by Gasteiger charge is -2.04. The number of nitro benzene ring substituents is 1. The predicted octanol–water partition coefficient (Wildman–Crippen LogP) is 2.41. The lowest BCUT2D eigenvalue weighted by atomic mass is 10.1. The first-order valence-corrected chi connectivity index (χ1v) is 7.47. The van der Waals surface area contributed by atoms with Gasteiger partial charge in [-0.3, -0.25) is 20.0 Å². The largest absolute Gasteiger partial charge is 0.282 e. The number of rotatable bonds is 6. The van der Waals surface area contributed by atoms with E-state index in [2.05, 4.69) is 20.7 Å². The molecule has 126 valence electrons. The number of carbonyl (C=O) groups excluding carboxylic acids is 1. The number of aryl methyl sites for hydroxylation is 2. The molecule has 1 amide bonds. The van der Waals surface area contributed by atoms with Gasteiger partial charge in [-0.05, 0) is 50.5 Å². The van der Waals surface area contributed by atoms with Crippen molar-refractivity contribution in [1.29, 1.82) is 0 Å². The van der Waals surface area contributed by atoms with Gasteiger partial charge in [0.25, 0.3) is 5.69 Å². The van der Waals surface area contributed by atoms with Crippen LogP contribution in [-0.2, 0) is 11.2 Å². The summed E-state index contributed by atoms with van der Waals surface area (Å²) in [5.74, 6) is -0.198. The summed E-state index contributed by atoms with van der Waals surface area (Å²) in [4.78, 5) is 22.1. The van der Waals surface area contributed by atoms with Crippen molar-refractivity contribution < 1.29 is 9.72 Å². The summed E-state index contributed by atoms with van der Waals surface area (Å²) in [6.45, 7) is 5.55. The molecular weight excluding hydrogens is 310 g/mol. The van der Waals surface area contributed by atoms with E-state index in [0.717, 1.165) is 17.0 Å². The van der Waals surface area contributed by atoms with Crippen LogP contribution in [0.1, 0.15) is 35.9 Å². The third kappa shape index (κ3) is 4.25. The number of hydrazone groups is 1. The van der Waals surface area contributed by atoms with E-state index in [4.69, 9.17) is 0 Å². The molecule has 0 unspecified atom stereocenters. The zero-order valence-electron chi connectivity index (χ0n) is 13.8. The second kappa shape index (κ2) is 7.49.